The van der Waals surface area contributed by atoms with Crippen LogP contribution >= 0.6 is 11.8 Å². The van der Waals surface area contributed by atoms with Crippen molar-refractivity contribution in [1.29, 1.82) is 0 Å². The summed E-state index contributed by atoms with van der Waals surface area (Å²) in [4.78, 5) is 7.80. The summed E-state index contributed by atoms with van der Waals surface area (Å²) in [5.41, 5.74) is 2.59. The van der Waals surface area contributed by atoms with E-state index in [-0.39, 0.29) is 0 Å². The maximum atomic E-state index is 4.33. The summed E-state index contributed by atoms with van der Waals surface area (Å²) in [6.45, 7) is 4.80. The van der Waals surface area contributed by atoms with Gasteiger partial charge in [-0.05, 0) is 37.4 Å². The molecule has 5 heteroatoms. The van der Waals surface area contributed by atoms with E-state index in [1.54, 1.807) is 0 Å². The zero-order valence-corrected chi connectivity index (χ0v) is 17.0. The van der Waals surface area contributed by atoms with E-state index in [2.05, 4.69) is 90.1 Å². The first-order valence-electron chi connectivity index (χ1n) is 8.95. The second-order valence-corrected chi connectivity index (χ2v) is 8.12. The molecule has 0 aliphatic rings. The molecule has 2 aromatic carbocycles. The molecule has 0 bridgehead atoms. The number of aliphatic imine (C=N–C) groups is 1. The van der Waals surface area contributed by atoms with Gasteiger partial charge in [0.15, 0.2) is 5.96 Å². The maximum absolute atomic E-state index is 4.33. The average molecular weight is 371 g/mol. The lowest BCUT2D eigenvalue weighted by atomic mass is 10.1. The van der Waals surface area contributed by atoms with Gasteiger partial charge in [0.2, 0.25) is 0 Å². The van der Waals surface area contributed by atoms with Gasteiger partial charge in [-0.15, -0.1) is 11.8 Å². The van der Waals surface area contributed by atoms with Crippen LogP contribution in [0.5, 0.6) is 0 Å². The second kappa shape index (κ2) is 10.9. The maximum Gasteiger partial charge on any atom is 0.191 e. The Kier molecular flexibility index (Phi) is 8.51. The summed E-state index contributed by atoms with van der Waals surface area (Å²) in [5, 5.41) is 7.28. The van der Waals surface area contributed by atoms with Gasteiger partial charge in [0, 0.05) is 36.8 Å². The van der Waals surface area contributed by atoms with Gasteiger partial charge in [0.25, 0.3) is 0 Å². The van der Waals surface area contributed by atoms with Crippen LogP contribution in [0.1, 0.15) is 18.1 Å². The summed E-state index contributed by atoms with van der Waals surface area (Å²) >= 11 is 1.87. The topological polar surface area (TPSA) is 39.7 Å². The Morgan fingerprint density at radius 1 is 1.04 bits per heavy atom. The normalized spacial score (nSPS) is 12.9. The highest BCUT2D eigenvalue weighted by molar-refractivity contribution is 8.00. The molecule has 140 valence electrons. The van der Waals surface area contributed by atoms with Crippen LogP contribution in [0, 0.1) is 0 Å². The third-order valence-corrected chi connectivity index (χ3v) is 4.92. The van der Waals surface area contributed by atoms with Gasteiger partial charge >= 0.3 is 0 Å². The van der Waals surface area contributed by atoms with Crippen molar-refractivity contribution in [1.82, 2.24) is 15.5 Å². The average Bonchev–Trinajstić information content (AvgIpc) is 2.62. The van der Waals surface area contributed by atoms with Crippen LogP contribution in [-0.2, 0) is 13.1 Å². The minimum atomic E-state index is 0.458. The molecule has 0 saturated carbocycles. The van der Waals surface area contributed by atoms with E-state index in [0.717, 1.165) is 25.6 Å². The molecule has 0 aliphatic carbocycles. The molecular weight excluding hydrogens is 340 g/mol. The van der Waals surface area contributed by atoms with Gasteiger partial charge < -0.3 is 15.5 Å². The predicted octanol–water partition coefficient (Wildman–Crippen LogP) is 3.59. The lowest BCUT2D eigenvalue weighted by Crippen LogP contribution is -2.39. The third kappa shape index (κ3) is 7.50. The highest BCUT2D eigenvalue weighted by atomic mass is 32.2. The molecule has 2 aromatic rings. The quantitative estimate of drug-likeness (QED) is 0.423. The number of thioether (sulfide) groups is 1. The third-order valence-electron chi connectivity index (χ3n) is 3.81. The zero-order chi connectivity index (χ0) is 18.8. The number of hydrogen-bond donors (Lipinski definition) is 2. The predicted molar refractivity (Wildman–Crippen MR) is 114 cm³/mol. The number of nitrogens with one attached hydrogen (secondary N) is 2. The second-order valence-electron chi connectivity index (χ2n) is 6.61. The van der Waals surface area contributed by atoms with Crippen molar-refractivity contribution in [2.45, 2.75) is 30.2 Å². The largest absolute Gasteiger partial charge is 0.355 e. The summed E-state index contributed by atoms with van der Waals surface area (Å²) in [5.74, 6) is 0.837. The van der Waals surface area contributed by atoms with Gasteiger partial charge in [-0.3, -0.25) is 4.99 Å². The van der Waals surface area contributed by atoms with Crippen LogP contribution < -0.4 is 10.6 Å². The lowest BCUT2D eigenvalue weighted by Gasteiger charge is -2.16. The molecule has 0 heterocycles. The number of nitrogens with zero attached hydrogens (tertiary/aromatic N) is 2. The molecule has 4 nitrogen and oxygen atoms in total. The standard InChI is InChI=1S/C21H30N4S/c1-17(26-20-11-6-5-7-12-20)14-23-21(22-2)24-15-18-9-8-10-19(13-18)16-25(3)4/h5-13,17H,14-16H2,1-4H3,(H2,22,23,24). The van der Waals surface area contributed by atoms with E-state index >= 15 is 0 Å². The number of benzene rings is 2. The monoisotopic (exact) mass is 370 g/mol. The van der Waals surface area contributed by atoms with Crippen molar-refractivity contribution >= 4 is 17.7 Å². The Morgan fingerprint density at radius 3 is 2.46 bits per heavy atom. The first-order valence-corrected chi connectivity index (χ1v) is 9.83. The molecular formula is C21H30N4S. The highest BCUT2D eigenvalue weighted by Crippen LogP contribution is 2.21. The summed E-state index contributed by atoms with van der Waals surface area (Å²) in [6.07, 6.45) is 0. The van der Waals surface area contributed by atoms with Gasteiger partial charge in [-0.2, -0.15) is 0 Å². The van der Waals surface area contributed by atoms with Gasteiger partial charge in [-0.25, -0.2) is 0 Å². The smallest absolute Gasteiger partial charge is 0.191 e. The van der Waals surface area contributed by atoms with E-state index in [1.165, 1.54) is 16.0 Å². The molecule has 2 rings (SSSR count). The van der Waals surface area contributed by atoms with E-state index in [0.29, 0.717) is 5.25 Å². The van der Waals surface area contributed by atoms with E-state index < -0.39 is 0 Å². The molecule has 0 spiro atoms. The molecule has 0 aromatic heterocycles. The highest BCUT2D eigenvalue weighted by Gasteiger charge is 2.06. The molecule has 0 fully saturated rings. The van der Waals surface area contributed by atoms with Crippen molar-refractivity contribution in [2.24, 2.45) is 4.99 Å². The fourth-order valence-corrected chi connectivity index (χ4v) is 3.57. The Hall–Kier alpha value is -1.98. The molecule has 1 unspecified atom stereocenters. The Labute approximate surface area is 162 Å². The van der Waals surface area contributed by atoms with Crippen molar-refractivity contribution in [3.63, 3.8) is 0 Å². The molecule has 0 saturated heterocycles. The van der Waals surface area contributed by atoms with Crippen LogP contribution in [0.15, 0.2) is 64.5 Å². The molecule has 0 aliphatic heterocycles. The summed E-state index contributed by atoms with van der Waals surface area (Å²) in [7, 11) is 5.99. The SMILES string of the molecule is CN=C(NCc1cccc(CN(C)C)c1)NCC(C)Sc1ccccc1. The fourth-order valence-electron chi connectivity index (χ4n) is 2.62. The fraction of sp³-hybridized carbons (Fsp3) is 0.381. The molecule has 0 amide bonds. The van der Waals surface area contributed by atoms with Crippen LogP contribution in [0.25, 0.3) is 0 Å². The van der Waals surface area contributed by atoms with E-state index in [9.17, 15) is 0 Å². The van der Waals surface area contributed by atoms with Crippen LogP contribution in [0.3, 0.4) is 0 Å². The number of hydrogen-bond acceptors (Lipinski definition) is 3. The van der Waals surface area contributed by atoms with Gasteiger partial charge in [0.05, 0.1) is 0 Å². The van der Waals surface area contributed by atoms with Crippen molar-refractivity contribution in [2.75, 3.05) is 27.7 Å². The van der Waals surface area contributed by atoms with Gasteiger partial charge in [0.1, 0.15) is 0 Å². The number of guanidine groups is 1. The first kappa shape index (κ1) is 20.3. The minimum absolute atomic E-state index is 0.458. The minimum Gasteiger partial charge on any atom is -0.355 e. The summed E-state index contributed by atoms with van der Waals surface area (Å²) < 4.78 is 0. The zero-order valence-electron chi connectivity index (χ0n) is 16.2. The van der Waals surface area contributed by atoms with Crippen molar-refractivity contribution in [3.8, 4) is 0 Å². The van der Waals surface area contributed by atoms with Crippen LogP contribution in [0.2, 0.25) is 0 Å². The number of rotatable bonds is 8. The first-order chi connectivity index (χ1) is 12.6. The Morgan fingerprint density at radius 2 is 1.77 bits per heavy atom. The van der Waals surface area contributed by atoms with Crippen molar-refractivity contribution < 1.29 is 0 Å². The van der Waals surface area contributed by atoms with E-state index in [4.69, 9.17) is 0 Å². The van der Waals surface area contributed by atoms with E-state index in [1.807, 2.05) is 24.9 Å². The van der Waals surface area contributed by atoms with Crippen LogP contribution in [-0.4, -0.2) is 43.8 Å². The molecule has 26 heavy (non-hydrogen) atoms. The lowest BCUT2D eigenvalue weighted by molar-refractivity contribution is 0.402. The van der Waals surface area contributed by atoms with Gasteiger partial charge in [-0.1, -0.05) is 49.4 Å². The Balaban J connectivity index is 1.79. The molecule has 1 atom stereocenters. The Bertz CT molecular complexity index is 685. The molecule has 0 radical (unpaired) electrons. The molecule has 2 N–H and O–H groups in total. The summed E-state index contributed by atoms with van der Waals surface area (Å²) in [6, 6.07) is 19.2. The van der Waals surface area contributed by atoms with Crippen molar-refractivity contribution in [3.05, 3.63) is 65.7 Å². The van der Waals surface area contributed by atoms with Crippen LogP contribution in [0.4, 0.5) is 0 Å².